The van der Waals surface area contributed by atoms with E-state index in [4.69, 9.17) is 11.6 Å². The summed E-state index contributed by atoms with van der Waals surface area (Å²) in [6.07, 6.45) is -3.32. The van der Waals surface area contributed by atoms with E-state index in [1.807, 2.05) is 0 Å². The van der Waals surface area contributed by atoms with Crippen molar-refractivity contribution in [2.24, 2.45) is 7.05 Å². The van der Waals surface area contributed by atoms with Crippen molar-refractivity contribution in [3.05, 3.63) is 105 Å². The van der Waals surface area contributed by atoms with E-state index in [2.05, 4.69) is 15.7 Å². The molecule has 1 aliphatic heterocycles. The van der Waals surface area contributed by atoms with Gasteiger partial charge in [-0.3, -0.25) is 14.3 Å². The minimum Gasteiger partial charge on any atom is -0.341 e. The Morgan fingerprint density at radius 2 is 1.82 bits per heavy atom. The molecule has 0 spiro atoms. The molecule has 2 amide bonds. The first-order chi connectivity index (χ1) is 19.1. The van der Waals surface area contributed by atoms with Crippen LogP contribution in [0, 0.1) is 11.6 Å². The van der Waals surface area contributed by atoms with Crippen molar-refractivity contribution in [2.75, 3.05) is 5.32 Å². The van der Waals surface area contributed by atoms with Crippen LogP contribution in [0.15, 0.2) is 60.7 Å². The summed E-state index contributed by atoms with van der Waals surface area (Å²) in [5.74, 6) is -2.21. The number of alkyl halides is 2. The minimum atomic E-state index is -2.69. The van der Waals surface area contributed by atoms with Gasteiger partial charge in [-0.15, -0.1) is 0 Å². The fourth-order valence-corrected chi connectivity index (χ4v) is 5.53. The molecule has 1 atom stereocenters. The van der Waals surface area contributed by atoms with Crippen LogP contribution in [0.3, 0.4) is 0 Å². The number of carbonyl (C=O) groups is 2. The number of anilines is 1. The number of amides is 2. The Balaban J connectivity index is 1.57. The van der Waals surface area contributed by atoms with E-state index in [1.54, 1.807) is 18.2 Å². The molecule has 6 rings (SSSR count). The molecule has 6 nitrogen and oxygen atoms in total. The van der Waals surface area contributed by atoms with Crippen LogP contribution in [0.4, 0.5) is 23.2 Å². The number of benzene rings is 4. The summed E-state index contributed by atoms with van der Waals surface area (Å²) in [4.78, 5) is 26.9. The standard InChI is InChI=1S/C29H19ClF4N4O2/c1-38-22(12-23(33)34)19-11-21(35-28(39)17-4-2-3-13-9-14(31)5-7-16(13)17)24-25(27(19)37-38)29(40)36-26(24)18-10-15(32)6-8-20(18)30/h2-11,23,26H,12H2,1H3,(H,35,39)(H,36,40). The van der Waals surface area contributed by atoms with Gasteiger partial charge in [0.1, 0.15) is 17.2 Å². The van der Waals surface area contributed by atoms with Crippen molar-refractivity contribution < 1.29 is 27.2 Å². The zero-order valence-corrected chi connectivity index (χ0v) is 21.5. The lowest BCUT2D eigenvalue weighted by Gasteiger charge is -2.18. The molecule has 1 aliphatic rings. The molecule has 11 heteroatoms. The third-order valence-electron chi connectivity index (χ3n) is 7.03. The van der Waals surface area contributed by atoms with Crippen molar-refractivity contribution in [3.8, 4) is 0 Å². The highest BCUT2D eigenvalue weighted by Crippen LogP contribution is 2.43. The summed E-state index contributed by atoms with van der Waals surface area (Å²) in [6, 6.07) is 13.1. The van der Waals surface area contributed by atoms with Gasteiger partial charge in [0.25, 0.3) is 11.8 Å². The molecule has 1 unspecified atom stereocenters. The fraction of sp³-hybridized carbons (Fsp3) is 0.138. The maximum atomic E-state index is 14.3. The topological polar surface area (TPSA) is 76.0 Å². The van der Waals surface area contributed by atoms with Crippen LogP contribution >= 0.6 is 11.6 Å². The molecule has 5 aromatic rings. The van der Waals surface area contributed by atoms with Gasteiger partial charge in [0.2, 0.25) is 6.43 Å². The smallest absolute Gasteiger partial charge is 0.256 e. The van der Waals surface area contributed by atoms with Crippen LogP contribution in [0.2, 0.25) is 5.02 Å². The van der Waals surface area contributed by atoms with E-state index in [9.17, 15) is 27.2 Å². The van der Waals surface area contributed by atoms with E-state index in [0.717, 1.165) is 0 Å². The molecule has 2 N–H and O–H groups in total. The van der Waals surface area contributed by atoms with Crippen LogP contribution in [0.25, 0.3) is 21.7 Å². The first-order valence-corrected chi connectivity index (χ1v) is 12.6. The number of aryl methyl sites for hydroxylation is 1. The maximum Gasteiger partial charge on any atom is 0.256 e. The zero-order chi connectivity index (χ0) is 28.3. The first kappa shape index (κ1) is 25.8. The van der Waals surface area contributed by atoms with Gasteiger partial charge in [0.15, 0.2) is 0 Å². The molecule has 0 saturated heterocycles. The molecular formula is C29H19ClF4N4O2. The van der Waals surface area contributed by atoms with Crippen LogP contribution in [0.5, 0.6) is 0 Å². The van der Waals surface area contributed by atoms with E-state index in [1.165, 1.54) is 54.2 Å². The second-order valence-corrected chi connectivity index (χ2v) is 9.88. The van der Waals surface area contributed by atoms with E-state index in [-0.39, 0.29) is 49.6 Å². The first-order valence-electron chi connectivity index (χ1n) is 12.2. The monoisotopic (exact) mass is 566 g/mol. The van der Waals surface area contributed by atoms with Gasteiger partial charge in [-0.2, -0.15) is 5.10 Å². The summed E-state index contributed by atoms with van der Waals surface area (Å²) in [7, 11) is 1.49. The number of hydrogen-bond donors (Lipinski definition) is 2. The van der Waals surface area contributed by atoms with Crippen LogP contribution in [0.1, 0.15) is 43.6 Å². The van der Waals surface area contributed by atoms with E-state index in [0.29, 0.717) is 10.8 Å². The van der Waals surface area contributed by atoms with Gasteiger partial charge in [-0.05, 0) is 53.2 Å². The predicted octanol–water partition coefficient (Wildman–Crippen LogP) is 6.55. The van der Waals surface area contributed by atoms with Gasteiger partial charge in [0.05, 0.1) is 23.7 Å². The van der Waals surface area contributed by atoms with Gasteiger partial charge in [-0.1, -0.05) is 29.8 Å². The lowest BCUT2D eigenvalue weighted by atomic mass is 9.93. The van der Waals surface area contributed by atoms with Gasteiger partial charge >= 0.3 is 0 Å². The minimum absolute atomic E-state index is 0.0641. The summed E-state index contributed by atoms with van der Waals surface area (Å²) < 4.78 is 56.3. The molecule has 0 bridgehead atoms. The number of aromatic nitrogens is 2. The second kappa shape index (κ2) is 9.63. The van der Waals surface area contributed by atoms with Crippen molar-refractivity contribution in [1.29, 1.82) is 0 Å². The Labute approximate surface area is 229 Å². The largest absolute Gasteiger partial charge is 0.341 e. The van der Waals surface area contributed by atoms with Gasteiger partial charge in [0, 0.05) is 39.8 Å². The van der Waals surface area contributed by atoms with E-state index >= 15 is 0 Å². The lowest BCUT2D eigenvalue weighted by Crippen LogP contribution is -2.21. The quantitative estimate of drug-likeness (QED) is 0.237. The maximum absolute atomic E-state index is 14.3. The molecule has 40 heavy (non-hydrogen) atoms. The average Bonchev–Trinajstić information content (AvgIpc) is 3.41. The van der Waals surface area contributed by atoms with E-state index < -0.39 is 42.3 Å². The normalized spacial score (nSPS) is 14.7. The Bertz CT molecular complexity index is 1870. The Kier molecular flexibility index (Phi) is 6.22. The Morgan fingerprint density at radius 1 is 1.07 bits per heavy atom. The molecular weight excluding hydrogens is 548 g/mol. The number of fused-ring (bicyclic) bond motifs is 4. The highest BCUT2D eigenvalue weighted by Gasteiger charge is 2.38. The molecule has 202 valence electrons. The molecule has 0 aliphatic carbocycles. The van der Waals surface area contributed by atoms with Crippen molar-refractivity contribution in [3.63, 3.8) is 0 Å². The van der Waals surface area contributed by atoms with Crippen molar-refractivity contribution in [1.82, 2.24) is 15.1 Å². The summed E-state index contributed by atoms with van der Waals surface area (Å²) in [5.41, 5.74) is 1.28. The highest BCUT2D eigenvalue weighted by molar-refractivity contribution is 6.31. The molecule has 2 heterocycles. The average molecular weight is 567 g/mol. The molecule has 1 aromatic heterocycles. The number of carbonyl (C=O) groups excluding carboxylic acids is 2. The molecule has 0 radical (unpaired) electrons. The number of hydrogen-bond acceptors (Lipinski definition) is 3. The number of rotatable bonds is 5. The zero-order valence-electron chi connectivity index (χ0n) is 20.7. The summed E-state index contributed by atoms with van der Waals surface area (Å²) in [5, 5.41) is 11.4. The number of nitrogens with one attached hydrogen (secondary N) is 2. The highest BCUT2D eigenvalue weighted by atomic mass is 35.5. The molecule has 0 fully saturated rings. The molecule has 4 aromatic carbocycles. The Hall–Kier alpha value is -4.44. The summed E-state index contributed by atoms with van der Waals surface area (Å²) >= 11 is 6.39. The number of halogens is 5. The third kappa shape index (κ3) is 4.24. The number of nitrogens with zero attached hydrogens (tertiary/aromatic N) is 2. The SMILES string of the molecule is Cn1nc2c3c(c(NC(=O)c4cccc5cc(F)ccc45)cc2c1CC(F)F)C(c1cc(F)ccc1Cl)NC3=O. The third-order valence-corrected chi connectivity index (χ3v) is 7.38. The fourth-order valence-electron chi connectivity index (χ4n) is 5.30. The molecule has 0 saturated carbocycles. The van der Waals surface area contributed by atoms with Crippen molar-refractivity contribution >= 4 is 50.8 Å². The predicted molar refractivity (Wildman–Crippen MR) is 143 cm³/mol. The van der Waals surface area contributed by atoms with Crippen LogP contribution in [-0.4, -0.2) is 28.0 Å². The van der Waals surface area contributed by atoms with Gasteiger partial charge in [-0.25, -0.2) is 17.6 Å². The Morgan fingerprint density at radius 3 is 2.60 bits per heavy atom. The lowest BCUT2D eigenvalue weighted by molar-refractivity contribution is 0.0960. The second-order valence-electron chi connectivity index (χ2n) is 9.47. The summed E-state index contributed by atoms with van der Waals surface area (Å²) in [6.45, 7) is 0. The van der Waals surface area contributed by atoms with Crippen molar-refractivity contribution in [2.45, 2.75) is 18.9 Å². The van der Waals surface area contributed by atoms with Crippen LogP contribution in [-0.2, 0) is 13.5 Å². The van der Waals surface area contributed by atoms with Crippen LogP contribution < -0.4 is 10.6 Å². The van der Waals surface area contributed by atoms with Gasteiger partial charge < -0.3 is 10.6 Å².